The number of nitrogens with zero attached hydrogens (tertiary/aromatic N) is 1. The van der Waals surface area contributed by atoms with E-state index in [4.69, 9.17) is 0 Å². The molecule has 1 heterocycles. The predicted molar refractivity (Wildman–Crippen MR) is 106 cm³/mol. The molecule has 1 aliphatic heterocycles. The molecule has 1 aliphatic rings. The molecule has 2 N–H and O–H groups in total. The van der Waals surface area contributed by atoms with Crippen molar-refractivity contribution in [2.24, 2.45) is 5.92 Å². The topological polar surface area (TPSA) is 78.5 Å². The van der Waals surface area contributed by atoms with Crippen molar-refractivity contribution in [3.63, 3.8) is 0 Å². The summed E-state index contributed by atoms with van der Waals surface area (Å²) < 4.78 is 0.633. The lowest BCUT2D eigenvalue weighted by Gasteiger charge is -2.18. The standard InChI is InChI=1S/C20H20BrN3O3/c1-12-7-8-15(9-13(12)2)24-11-14(10-18(24)25)19(26)22-23-20(27)16-5-3-4-6-17(16)21/h3-9,14H,10-11H2,1-2H3,(H,22,26)(H,23,27)/t14-/m0/s1. The zero-order valence-corrected chi connectivity index (χ0v) is 16.7. The summed E-state index contributed by atoms with van der Waals surface area (Å²) in [7, 11) is 0. The van der Waals surface area contributed by atoms with Gasteiger partial charge in [0.05, 0.1) is 11.5 Å². The van der Waals surface area contributed by atoms with Crippen LogP contribution < -0.4 is 15.8 Å². The van der Waals surface area contributed by atoms with Crippen molar-refractivity contribution in [2.45, 2.75) is 20.3 Å². The van der Waals surface area contributed by atoms with Gasteiger partial charge in [-0.1, -0.05) is 18.2 Å². The molecule has 0 saturated carbocycles. The summed E-state index contributed by atoms with van der Waals surface area (Å²) in [6.45, 7) is 4.29. The summed E-state index contributed by atoms with van der Waals surface area (Å²) >= 11 is 3.30. The summed E-state index contributed by atoms with van der Waals surface area (Å²) in [6, 6.07) is 12.7. The molecular formula is C20H20BrN3O3. The number of nitrogens with one attached hydrogen (secondary N) is 2. The number of anilines is 1. The first-order valence-corrected chi connectivity index (χ1v) is 9.38. The van der Waals surface area contributed by atoms with E-state index in [2.05, 4.69) is 26.8 Å². The number of hydrogen-bond acceptors (Lipinski definition) is 3. The van der Waals surface area contributed by atoms with Crippen LogP contribution in [0.15, 0.2) is 46.9 Å². The second kappa shape index (κ2) is 7.92. The lowest BCUT2D eigenvalue weighted by molar-refractivity contribution is -0.126. The third-order valence-corrected chi connectivity index (χ3v) is 5.41. The van der Waals surface area contributed by atoms with Crippen molar-refractivity contribution in [2.75, 3.05) is 11.4 Å². The van der Waals surface area contributed by atoms with Crippen LogP contribution in [0.25, 0.3) is 0 Å². The third-order valence-electron chi connectivity index (χ3n) is 4.72. The van der Waals surface area contributed by atoms with Crippen LogP contribution >= 0.6 is 15.9 Å². The molecule has 0 aliphatic carbocycles. The molecule has 0 spiro atoms. The number of hydrazine groups is 1. The Balaban J connectivity index is 1.61. The lowest BCUT2D eigenvalue weighted by Crippen LogP contribution is -2.45. The van der Waals surface area contributed by atoms with Crippen LogP contribution in [0.4, 0.5) is 5.69 Å². The Bertz CT molecular complexity index is 913. The Hall–Kier alpha value is -2.67. The third kappa shape index (κ3) is 4.19. The van der Waals surface area contributed by atoms with E-state index < -0.39 is 11.8 Å². The fourth-order valence-electron chi connectivity index (χ4n) is 2.96. The molecule has 1 atom stereocenters. The van der Waals surface area contributed by atoms with E-state index in [1.807, 2.05) is 32.0 Å². The average Bonchev–Trinajstić information content (AvgIpc) is 3.04. The number of carbonyl (C=O) groups is 3. The minimum Gasteiger partial charge on any atom is -0.312 e. The fourth-order valence-corrected chi connectivity index (χ4v) is 3.42. The number of amides is 3. The molecule has 3 rings (SSSR count). The monoisotopic (exact) mass is 429 g/mol. The van der Waals surface area contributed by atoms with Gasteiger partial charge in [0.15, 0.2) is 0 Å². The zero-order valence-electron chi connectivity index (χ0n) is 15.1. The Labute approximate surface area is 166 Å². The van der Waals surface area contributed by atoms with Gasteiger partial charge < -0.3 is 4.90 Å². The Morgan fingerprint density at radius 3 is 2.52 bits per heavy atom. The molecule has 2 aromatic carbocycles. The van der Waals surface area contributed by atoms with Gasteiger partial charge in [-0.15, -0.1) is 0 Å². The maximum atomic E-state index is 12.4. The number of hydrogen-bond donors (Lipinski definition) is 2. The highest BCUT2D eigenvalue weighted by molar-refractivity contribution is 9.10. The van der Waals surface area contributed by atoms with Crippen molar-refractivity contribution in [1.29, 1.82) is 0 Å². The Morgan fingerprint density at radius 1 is 1.07 bits per heavy atom. The maximum Gasteiger partial charge on any atom is 0.270 e. The summed E-state index contributed by atoms with van der Waals surface area (Å²) in [6.07, 6.45) is 0.115. The van der Waals surface area contributed by atoms with Gasteiger partial charge in [0.1, 0.15) is 0 Å². The summed E-state index contributed by atoms with van der Waals surface area (Å²) in [5, 5.41) is 0. The second-order valence-corrected chi connectivity index (χ2v) is 7.45. The maximum absolute atomic E-state index is 12.4. The number of rotatable bonds is 3. The molecule has 0 aromatic heterocycles. The van der Waals surface area contributed by atoms with Crippen LogP contribution in [0.2, 0.25) is 0 Å². The van der Waals surface area contributed by atoms with Crippen molar-refractivity contribution in [3.05, 3.63) is 63.6 Å². The van der Waals surface area contributed by atoms with Crippen molar-refractivity contribution in [1.82, 2.24) is 10.9 Å². The first-order valence-electron chi connectivity index (χ1n) is 8.59. The Kier molecular flexibility index (Phi) is 5.60. The van der Waals surface area contributed by atoms with Gasteiger partial charge in [0, 0.05) is 23.1 Å². The number of benzene rings is 2. The molecule has 6 nitrogen and oxygen atoms in total. The van der Waals surface area contributed by atoms with Gasteiger partial charge in [-0.25, -0.2) is 0 Å². The smallest absolute Gasteiger partial charge is 0.270 e. The van der Waals surface area contributed by atoms with Crippen LogP contribution in [0.3, 0.4) is 0 Å². The highest BCUT2D eigenvalue weighted by atomic mass is 79.9. The minimum absolute atomic E-state index is 0.101. The normalized spacial score (nSPS) is 16.3. The van der Waals surface area contributed by atoms with Crippen molar-refractivity contribution < 1.29 is 14.4 Å². The van der Waals surface area contributed by atoms with Gasteiger partial charge >= 0.3 is 0 Å². The van der Waals surface area contributed by atoms with E-state index in [0.717, 1.165) is 16.8 Å². The molecule has 1 saturated heterocycles. The van der Waals surface area contributed by atoms with Gasteiger partial charge in [0.2, 0.25) is 11.8 Å². The van der Waals surface area contributed by atoms with Crippen LogP contribution in [0.5, 0.6) is 0 Å². The molecule has 1 fully saturated rings. The van der Waals surface area contributed by atoms with Gasteiger partial charge in [-0.05, 0) is 65.2 Å². The van der Waals surface area contributed by atoms with Crippen molar-refractivity contribution in [3.8, 4) is 0 Å². The molecule has 0 bridgehead atoms. The number of halogens is 1. The lowest BCUT2D eigenvalue weighted by atomic mass is 10.1. The molecule has 3 amide bonds. The minimum atomic E-state index is -0.515. The molecule has 7 heteroatoms. The van der Waals surface area contributed by atoms with Crippen molar-refractivity contribution >= 4 is 39.3 Å². The largest absolute Gasteiger partial charge is 0.312 e. The first kappa shape index (κ1) is 19.1. The van der Waals surface area contributed by atoms with Crippen LogP contribution in [0.1, 0.15) is 27.9 Å². The van der Waals surface area contributed by atoms with Gasteiger partial charge in [-0.3, -0.25) is 25.2 Å². The Morgan fingerprint density at radius 2 is 1.81 bits per heavy atom. The molecule has 0 radical (unpaired) electrons. The quantitative estimate of drug-likeness (QED) is 0.736. The number of aryl methyl sites for hydroxylation is 2. The summed E-state index contributed by atoms with van der Waals surface area (Å²) in [5.41, 5.74) is 8.27. The van der Waals surface area contributed by atoms with Crippen LogP contribution in [-0.2, 0) is 9.59 Å². The molecule has 0 unspecified atom stereocenters. The van der Waals surface area contributed by atoms with Crippen LogP contribution in [0, 0.1) is 19.8 Å². The first-order chi connectivity index (χ1) is 12.9. The summed E-state index contributed by atoms with van der Waals surface area (Å²) in [4.78, 5) is 38.5. The zero-order chi connectivity index (χ0) is 19.6. The second-order valence-electron chi connectivity index (χ2n) is 6.60. The molecule has 2 aromatic rings. The van der Waals surface area contributed by atoms with E-state index in [-0.39, 0.29) is 24.8 Å². The number of carbonyl (C=O) groups excluding carboxylic acids is 3. The molecule has 140 valence electrons. The van der Waals surface area contributed by atoms with E-state index in [9.17, 15) is 14.4 Å². The predicted octanol–water partition coefficient (Wildman–Crippen LogP) is 2.88. The fraction of sp³-hybridized carbons (Fsp3) is 0.250. The van der Waals surface area contributed by atoms with E-state index in [1.165, 1.54) is 0 Å². The van der Waals surface area contributed by atoms with Crippen LogP contribution in [-0.4, -0.2) is 24.3 Å². The average molecular weight is 430 g/mol. The molecular weight excluding hydrogens is 410 g/mol. The summed E-state index contributed by atoms with van der Waals surface area (Å²) in [5.74, 6) is -1.42. The van der Waals surface area contributed by atoms with E-state index in [0.29, 0.717) is 10.0 Å². The highest BCUT2D eigenvalue weighted by Crippen LogP contribution is 2.26. The van der Waals surface area contributed by atoms with Gasteiger partial charge in [-0.2, -0.15) is 0 Å². The SMILES string of the molecule is Cc1ccc(N2C[C@@H](C(=O)NNC(=O)c3ccccc3Br)CC2=O)cc1C. The van der Waals surface area contributed by atoms with Gasteiger partial charge in [0.25, 0.3) is 5.91 Å². The van der Waals surface area contributed by atoms with E-state index >= 15 is 0 Å². The van der Waals surface area contributed by atoms with E-state index in [1.54, 1.807) is 29.2 Å². The molecule has 27 heavy (non-hydrogen) atoms. The highest BCUT2D eigenvalue weighted by Gasteiger charge is 2.35.